The topological polar surface area (TPSA) is 60.8 Å². The fraction of sp³-hybridized carbons (Fsp3) is 0.562. The first-order chi connectivity index (χ1) is 9.66. The summed E-state index contributed by atoms with van der Waals surface area (Å²) >= 11 is 0. The van der Waals surface area contributed by atoms with Crippen molar-refractivity contribution in [2.24, 2.45) is 0 Å². The molecule has 0 saturated heterocycles. The van der Waals surface area contributed by atoms with Crippen LogP contribution in [0.1, 0.15) is 36.8 Å². The SMILES string of the molecule is O=C(O)C1Cc2ccccc2CN1C1CCCCC1O. The van der Waals surface area contributed by atoms with Crippen molar-refractivity contribution in [3.05, 3.63) is 35.4 Å². The van der Waals surface area contributed by atoms with E-state index < -0.39 is 18.1 Å². The Morgan fingerprint density at radius 3 is 2.55 bits per heavy atom. The Labute approximate surface area is 119 Å². The highest BCUT2D eigenvalue weighted by atomic mass is 16.4. The van der Waals surface area contributed by atoms with Crippen molar-refractivity contribution in [1.82, 2.24) is 4.90 Å². The number of hydrogen-bond donors (Lipinski definition) is 2. The van der Waals surface area contributed by atoms with Gasteiger partial charge in [0.05, 0.1) is 6.10 Å². The second kappa shape index (κ2) is 5.54. The third-order valence-corrected chi connectivity index (χ3v) is 4.69. The Bertz CT molecular complexity index is 502. The molecule has 2 aliphatic rings. The molecule has 1 heterocycles. The minimum absolute atomic E-state index is 0.0155. The zero-order valence-electron chi connectivity index (χ0n) is 11.5. The fourth-order valence-corrected chi connectivity index (χ4v) is 3.60. The van der Waals surface area contributed by atoms with E-state index in [-0.39, 0.29) is 6.04 Å². The van der Waals surface area contributed by atoms with E-state index in [4.69, 9.17) is 0 Å². The Morgan fingerprint density at radius 1 is 1.15 bits per heavy atom. The first-order valence-electron chi connectivity index (χ1n) is 7.40. The highest BCUT2D eigenvalue weighted by Crippen LogP contribution is 2.31. The molecule has 1 aliphatic heterocycles. The smallest absolute Gasteiger partial charge is 0.321 e. The number of aliphatic carboxylic acids is 1. The van der Waals surface area contributed by atoms with Crippen LogP contribution < -0.4 is 0 Å². The maximum absolute atomic E-state index is 11.6. The zero-order chi connectivity index (χ0) is 14.1. The predicted molar refractivity (Wildman–Crippen MR) is 75.4 cm³/mol. The monoisotopic (exact) mass is 275 g/mol. The third-order valence-electron chi connectivity index (χ3n) is 4.69. The molecule has 3 rings (SSSR count). The summed E-state index contributed by atoms with van der Waals surface area (Å²) in [4.78, 5) is 13.6. The maximum Gasteiger partial charge on any atom is 0.321 e. The summed E-state index contributed by atoms with van der Waals surface area (Å²) in [6.07, 6.45) is 3.94. The molecular formula is C16H21NO3. The van der Waals surface area contributed by atoms with E-state index in [1.165, 1.54) is 5.56 Å². The van der Waals surface area contributed by atoms with Crippen LogP contribution in [0.5, 0.6) is 0 Å². The second-order valence-corrected chi connectivity index (χ2v) is 5.92. The highest BCUT2D eigenvalue weighted by molar-refractivity contribution is 5.74. The van der Waals surface area contributed by atoms with Gasteiger partial charge in [0.2, 0.25) is 0 Å². The molecule has 3 atom stereocenters. The standard InChI is InChI=1S/C16H21NO3/c18-15-8-4-3-7-13(15)17-10-12-6-2-1-5-11(12)9-14(17)16(19)20/h1-2,5-6,13-15,18H,3-4,7-10H2,(H,19,20). The number of aliphatic hydroxyl groups excluding tert-OH is 1. The van der Waals surface area contributed by atoms with Crippen LogP contribution in [0.15, 0.2) is 24.3 Å². The quantitative estimate of drug-likeness (QED) is 0.864. The van der Waals surface area contributed by atoms with Gasteiger partial charge in [-0.05, 0) is 30.4 Å². The number of hydrogen-bond acceptors (Lipinski definition) is 3. The summed E-state index contributed by atoms with van der Waals surface area (Å²) in [6, 6.07) is 7.51. The summed E-state index contributed by atoms with van der Waals surface area (Å²) in [5.41, 5.74) is 2.32. The molecule has 2 N–H and O–H groups in total. The molecule has 4 heteroatoms. The van der Waals surface area contributed by atoms with Crippen LogP contribution in [-0.2, 0) is 17.8 Å². The fourth-order valence-electron chi connectivity index (χ4n) is 3.60. The molecule has 20 heavy (non-hydrogen) atoms. The molecule has 3 unspecified atom stereocenters. The summed E-state index contributed by atoms with van der Waals surface area (Å²) in [7, 11) is 0. The molecular weight excluding hydrogens is 254 g/mol. The lowest BCUT2D eigenvalue weighted by atomic mass is 9.86. The highest BCUT2D eigenvalue weighted by Gasteiger charge is 2.39. The molecule has 108 valence electrons. The molecule has 4 nitrogen and oxygen atoms in total. The summed E-state index contributed by atoms with van der Waals surface area (Å²) < 4.78 is 0. The lowest BCUT2D eigenvalue weighted by Crippen LogP contribution is -2.55. The van der Waals surface area contributed by atoms with Crippen LogP contribution in [0.2, 0.25) is 0 Å². The van der Waals surface area contributed by atoms with E-state index in [0.717, 1.165) is 31.2 Å². The number of aliphatic hydroxyl groups is 1. The molecule has 1 aliphatic carbocycles. The number of fused-ring (bicyclic) bond motifs is 1. The van der Waals surface area contributed by atoms with Crippen LogP contribution in [0, 0.1) is 0 Å². The van der Waals surface area contributed by atoms with E-state index in [0.29, 0.717) is 13.0 Å². The van der Waals surface area contributed by atoms with Crippen molar-refractivity contribution >= 4 is 5.97 Å². The van der Waals surface area contributed by atoms with Gasteiger partial charge in [0, 0.05) is 12.6 Å². The number of carboxylic acid groups (broad SMARTS) is 1. The number of nitrogens with zero attached hydrogens (tertiary/aromatic N) is 1. The van der Waals surface area contributed by atoms with Crippen LogP contribution in [0.4, 0.5) is 0 Å². The predicted octanol–water partition coefficient (Wildman–Crippen LogP) is 1.80. The minimum atomic E-state index is -0.780. The largest absolute Gasteiger partial charge is 0.480 e. The van der Waals surface area contributed by atoms with E-state index in [1.807, 2.05) is 23.1 Å². The molecule has 1 saturated carbocycles. The van der Waals surface area contributed by atoms with Gasteiger partial charge in [-0.1, -0.05) is 37.1 Å². The number of rotatable bonds is 2. The van der Waals surface area contributed by atoms with Gasteiger partial charge in [-0.3, -0.25) is 9.69 Å². The summed E-state index contributed by atoms with van der Waals surface area (Å²) in [6.45, 7) is 0.634. The van der Waals surface area contributed by atoms with Crippen molar-refractivity contribution in [1.29, 1.82) is 0 Å². The first kappa shape index (κ1) is 13.6. The molecule has 0 bridgehead atoms. The molecule has 1 fully saturated rings. The van der Waals surface area contributed by atoms with Crippen molar-refractivity contribution in [3.8, 4) is 0 Å². The van der Waals surface area contributed by atoms with Gasteiger partial charge in [0.25, 0.3) is 0 Å². The van der Waals surface area contributed by atoms with Gasteiger partial charge in [0.15, 0.2) is 0 Å². The van der Waals surface area contributed by atoms with Gasteiger partial charge in [-0.2, -0.15) is 0 Å². The van der Waals surface area contributed by atoms with Gasteiger partial charge >= 0.3 is 5.97 Å². The van der Waals surface area contributed by atoms with Crippen LogP contribution in [0.3, 0.4) is 0 Å². The van der Waals surface area contributed by atoms with E-state index >= 15 is 0 Å². The number of carbonyl (C=O) groups is 1. The lowest BCUT2D eigenvalue weighted by molar-refractivity contribution is -0.147. The second-order valence-electron chi connectivity index (χ2n) is 5.92. The van der Waals surface area contributed by atoms with Gasteiger partial charge < -0.3 is 10.2 Å². The van der Waals surface area contributed by atoms with E-state index in [1.54, 1.807) is 0 Å². The first-order valence-corrected chi connectivity index (χ1v) is 7.40. The molecule has 0 radical (unpaired) electrons. The van der Waals surface area contributed by atoms with Crippen molar-refractivity contribution in [2.45, 2.75) is 56.8 Å². The Hall–Kier alpha value is -1.39. The maximum atomic E-state index is 11.6. The molecule has 1 aromatic rings. The van der Waals surface area contributed by atoms with E-state index in [9.17, 15) is 15.0 Å². The normalized spacial score (nSPS) is 30.8. The third kappa shape index (κ3) is 2.45. The Balaban J connectivity index is 1.89. The average Bonchev–Trinajstić information content (AvgIpc) is 2.46. The van der Waals surface area contributed by atoms with Crippen molar-refractivity contribution in [3.63, 3.8) is 0 Å². The van der Waals surface area contributed by atoms with Gasteiger partial charge in [-0.15, -0.1) is 0 Å². The van der Waals surface area contributed by atoms with Crippen molar-refractivity contribution in [2.75, 3.05) is 0 Å². The van der Waals surface area contributed by atoms with E-state index in [2.05, 4.69) is 6.07 Å². The zero-order valence-corrected chi connectivity index (χ0v) is 11.5. The lowest BCUT2D eigenvalue weighted by Gasteiger charge is -2.43. The minimum Gasteiger partial charge on any atom is -0.480 e. The molecule has 0 aromatic heterocycles. The van der Waals surface area contributed by atoms with Gasteiger partial charge in [0.1, 0.15) is 6.04 Å². The number of carboxylic acids is 1. The van der Waals surface area contributed by atoms with Crippen LogP contribution in [0.25, 0.3) is 0 Å². The molecule has 1 aromatic carbocycles. The molecule has 0 amide bonds. The Morgan fingerprint density at radius 2 is 1.85 bits per heavy atom. The van der Waals surface area contributed by atoms with Crippen LogP contribution >= 0.6 is 0 Å². The van der Waals surface area contributed by atoms with Crippen LogP contribution in [-0.4, -0.2) is 39.3 Å². The summed E-state index contributed by atoms with van der Waals surface area (Å²) in [5.74, 6) is -0.780. The Kier molecular flexibility index (Phi) is 3.76. The average molecular weight is 275 g/mol. The molecule has 0 spiro atoms. The number of benzene rings is 1. The van der Waals surface area contributed by atoms with Crippen molar-refractivity contribution < 1.29 is 15.0 Å². The van der Waals surface area contributed by atoms with Gasteiger partial charge in [-0.25, -0.2) is 0 Å². The summed E-state index contributed by atoms with van der Waals surface area (Å²) in [5, 5.41) is 19.8.